The molecule has 1 unspecified atom stereocenters. The van der Waals surface area contributed by atoms with Crippen LogP contribution in [0.4, 0.5) is 0 Å². The number of hydrogen-bond donors (Lipinski definition) is 1. The summed E-state index contributed by atoms with van der Waals surface area (Å²) >= 11 is 2.14. The van der Waals surface area contributed by atoms with Gasteiger partial charge in [0.2, 0.25) is 0 Å². The highest BCUT2D eigenvalue weighted by Crippen LogP contribution is 2.22. The van der Waals surface area contributed by atoms with E-state index in [1.54, 1.807) is 0 Å². The third kappa shape index (κ3) is 6.44. The Labute approximate surface area is 98.5 Å². The van der Waals surface area contributed by atoms with Gasteiger partial charge in [0.25, 0.3) is 0 Å². The summed E-state index contributed by atoms with van der Waals surface area (Å²) in [6.07, 6.45) is 5.03. The first-order chi connectivity index (χ1) is 7.33. The molecule has 1 N–H and O–H groups in total. The van der Waals surface area contributed by atoms with Crippen molar-refractivity contribution in [2.45, 2.75) is 50.8 Å². The van der Waals surface area contributed by atoms with E-state index in [4.69, 9.17) is 4.74 Å². The quantitative estimate of drug-likeness (QED) is 0.728. The normalized spacial score (nSPS) is 20.4. The van der Waals surface area contributed by atoms with Gasteiger partial charge in [-0.05, 0) is 44.9 Å². The summed E-state index contributed by atoms with van der Waals surface area (Å²) < 4.78 is 5.35. The predicted molar refractivity (Wildman–Crippen MR) is 68.7 cm³/mol. The Bertz CT molecular complexity index is 149. The molecule has 0 saturated carbocycles. The molecule has 0 spiro atoms. The molecule has 3 heteroatoms. The molecule has 1 fully saturated rings. The van der Waals surface area contributed by atoms with Gasteiger partial charge in [0.1, 0.15) is 0 Å². The molecular formula is C12H25NOS. The van der Waals surface area contributed by atoms with Crippen molar-refractivity contribution in [1.82, 2.24) is 5.32 Å². The molecule has 1 saturated heterocycles. The fraction of sp³-hybridized carbons (Fsp3) is 1.00. The van der Waals surface area contributed by atoms with E-state index in [0.29, 0.717) is 6.04 Å². The van der Waals surface area contributed by atoms with Crippen molar-refractivity contribution in [3.05, 3.63) is 0 Å². The lowest BCUT2D eigenvalue weighted by molar-refractivity contribution is 0.1000. The summed E-state index contributed by atoms with van der Waals surface area (Å²) in [5, 5.41) is 4.39. The van der Waals surface area contributed by atoms with Gasteiger partial charge < -0.3 is 10.1 Å². The molecule has 1 aliphatic heterocycles. The lowest BCUT2D eigenvalue weighted by atomic mass is 10.2. The van der Waals surface area contributed by atoms with Gasteiger partial charge >= 0.3 is 0 Å². The molecule has 1 rings (SSSR count). The van der Waals surface area contributed by atoms with Crippen molar-refractivity contribution >= 4 is 11.8 Å². The minimum Gasteiger partial charge on any atom is -0.381 e. The molecule has 1 aliphatic rings. The number of thioether (sulfide) groups is 1. The molecule has 1 heterocycles. The zero-order chi connectivity index (χ0) is 10.9. The van der Waals surface area contributed by atoms with Gasteiger partial charge in [-0.25, -0.2) is 0 Å². The number of hydrogen-bond acceptors (Lipinski definition) is 3. The molecule has 0 aromatic carbocycles. The van der Waals surface area contributed by atoms with Gasteiger partial charge in [-0.3, -0.25) is 0 Å². The third-order valence-corrected chi connectivity index (χ3v) is 4.23. The van der Waals surface area contributed by atoms with Crippen molar-refractivity contribution in [1.29, 1.82) is 0 Å². The van der Waals surface area contributed by atoms with Crippen LogP contribution >= 0.6 is 11.8 Å². The van der Waals surface area contributed by atoms with Crippen LogP contribution in [0.3, 0.4) is 0 Å². The summed E-state index contributed by atoms with van der Waals surface area (Å²) in [4.78, 5) is 0. The van der Waals surface area contributed by atoms with Crippen molar-refractivity contribution < 1.29 is 4.74 Å². The molecule has 0 amide bonds. The van der Waals surface area contributed by atoms with E-state index >= 15 is 0 Å². The maximum atomic E-state index is 5.35. The second-order valence-electron chi connectivity index (χ2n) is 4.33. The van der Waals surface area contributed by atoms with Crippen LogP contribution in [0.25, 0.3) is 0 Å². The first-order valence-electron chi connectivity index (χ1n) is 6.25. The predicted octanol–water partition coefficient (Wildman–Crippen LogP) is 2.68. The second-order valence-corrected chi connectivity index (χ2v) is 5.73. The zero-order valence-electron chi connectivity index (χ0n) is 10.1. The largest absolute Gasteiger partial charge is 0.381 e. The van der Waals surface area contributed by atoms with Crippen LogP contribution in [-0.4, -0.2) is 36.8 Å². The topological polar surface area (TPSA) is 21.3 Å². The minimum atomic E-state index is 0.678. The maximum Gasteiger partial charge on any atom is 0.0476 e. The molecule has 0 aromatic rings. The average Bonchev–Trinajstić information content (AvgIpc) is 2.28. The fourth-order valence-corrected chi connectivity index (χ4v) is 3.10. The van der Waals surface area contributed by atoms with Crippen molar-refractivity contribution in [2.75, 3.05) is 25.5 Å². The molecular weight excluding hydrogens is 206 g/mol. The summed E-state index contributed by atoms with van der Waals surface area (Å²) in [5.74, 6) is 1.29. The van der Waals surface area contributed by atoms with Gasteiger partial charge in [-0.15, -0.1) is 0 Å². The van der Waals surface area contributed by atoms with Crippen LogP contribution in [0.15, 0.2) is 0 Å². The van der Waals surface area contributed by atoms with Crippen LogP contribution in [0.5, 0.6) is 0 Å². The Balaban J connectivity index is 1.94. The zero-order valence-corrected chi connectivity index (χ0v) is 10.9. The SMILES string of the molecule is CCCNC(C)CCSC1CCOCC1. The summed E-state index contributed by atoms with van der Waals surface area (Å²) in [7, 11) is 0. The maximum absolute atomic E-state index is 5.35. The monoisotopic (exact) mass is 231 g/mol. The number of rotatable bonds is 7. The Kier molecular flexibility index (Phi) is 7.49. The molecule has 90 valence electrons. The number of nitrogens with one attached hydrogen (secondary N) is 1. The van der Waals surface area contributed by atoms with Crippen LogP contribution < -0.4 is 5.32 Å². The van der Waals surface area contributed by atoms with Gasteiger partial charge in [-0.1, -0.05) is 6.92 Å². The van der Waals surface area contributed by atoms with Crippen LogP contribution in [0.2, 0.25) is 0 Å². The standard InChI is InChI=1S/C12H25NOS/c1-3-7-13-11(2)6-10-15-12-4-8-14-9-5-12/h11-13H,3-10H2,1-2H3. The van der Waals surface area contributed by atoms with Crippen molar-refractivity contribution in [2.24, 2.45) is 0 Å². The summed E-state index contributed by atoms with van der Waals surface area (Å²) in [6.45, 7) is 7.61. The van der Waals surface area contributed by atoms with Gasteiger partial charge in [-0.2, -0.15) is 11.8 Å². The van der Waals surface area contributed by atoms with Gasteiger partial charge in [0.05, 0.1) is 0 Å². The van der Waals surface area contributed by atoms with Gasteiger partial charge in [0, 0.05) is 24.5 Å². The van der Waals surface area contributed by atoms with E-state index in [0.717, 1.165) is 25.0 Å². The molecule has 0 radical (unpaired) electrons. The van der Waals surface area contributed by atoms with E-state index in [2.05, 4.69) is 30.9 Å². The highest BCUT2D eigenvalue weighted by molar-refractivity contribution is 7.99. The molecule has 0 bridgehead atoms. The van der Waals surface area contributed by atoms with Crippen LogP contribution in [-0.2, 0) is 4.74 Å². The van der Waals surface area contributed by atoms with Crippen molar-refractivity contribution in [3.8, 4) is 0 Å². The smallest absolute Gasteiger partial charge is 0.0476 e. The van der Waals surface area contributed by atoms with E-state index in [1.807, 2.05) is 0 Å². The van der Waals surface area contributed by atoms with Crippen molar-refractivity contribution in [3.63, 3.8) is 0 Å². The molecule has 2 nitrogen and oxygen atoms in total. The minimum absolute atomic E-state index is 0.678. The first-order valence-corrected chi connectivity index (χ1v) is 7.30. The Hall–Kier alpha value is 0.270. The van der Waals surface area contributed by atoms with Crippen LogP contribution in [0, 0.1) is 0 Å². The molecule has 1 atom stereocenters. The van der Waals surface area contributed by atoms with Gasteiger partial charge in [0.15, 0.2) is 0 Å². The average molecular weight is 231 g/mol. The van der Waals surface area contributed by atoms with Crippen LogP contribution in [0.1, 0.15) is 39.5 Å². The third-order valence-electron chi connectivity index (χ3n) is 2.82. The Morgan fingerprint density at radius 2 is 2.13 bits per heavy atom. The highest BCUT2D eigenvalue weighted by atomic mass is 32.2. The Morgan fingerprint density at radius 1 is 1.40 bits per heavy atom. The molecule has 0 aromatic heterocycles. The van der Waals surface area contributed by atoms with E-state index in [1.165, 1.54) is 31.4 Å². The highest BCUT2D eigenvalue weighted by Gasteiger charge is 2.13. The van der Waals surface area contributed by atoms with E-state index < -0.39 is 0 Å². The van der Waals surface area contributed by atoms with E-state index in [9.17, 15) is 0 Å². The lowest BCUT2D eigenvalue weighted by Crippen LogP contribution is -2.27. The lowest BCUT2D eigenvalue weighted by Gasteiger charge is -2.22. The fourth-order valence-electron chi connectivity index (χ4n) is 1.75. The first kappa shape index (κ1) is 13.3. The van der Waals surface area contributed by atoms with E-state index in [-0.39, 0.29) is 0 Å². The molecule has 0 aliphatic carbocycles. The Morgan fingerprint density at radius 3 is 2.80 bits per heavy atom. The number of ether oxygens (including phenoxy) is 1. The summed E-state index contributed by atoms with van der Waals surface area (Å²) in [6, 6.07) is 0.678. The second kappa shape index (κ2) is 8.43. The summed E-state index contributed by atoms with van der Waals surface area (Å²) in [5.41, 5.74) is 0. The molecule has 15 heavy (non-hydrogen) atoms.